The average Bonchev–Trinajstić information content (AvgIpc) is 2.51. The van der Waals surface area contributed by atoms with Crippen molar-refractivity contribution in [3.05, 3.63) is 34.6 Å². The van der Waals surface area contributed by atoms with Crippen LogP contribution in [-0.2, 0) is 6.54 Å². The summed E-state index contributed by atoms with van der Waals surface area (Å²) in [7, 11) is 0. The van der Waals surface area contributed by atoms with E-state index >= 15 is 0 Å². The standard InChI is InChI=1S/C11H13ClFNO2/c12-8-2-1-7(9(13)3-8)4-14-5-10(15)11(16)6-14/h1-3,10-11,15-16H,4-6H2/t10-,11+. The van der Waals surface area contributed by atoms with Crippen molar-refractivity contribution < 1.29 is 14.6 Å². The number of likely N-dealkylation sites (tertiary alicyclic amines) is 1. The molecule has 0 spiro atoms. The maximum absolute atomic E-state index is 13.5. The van der Waals surface area contributed by atoms with Gasteiger partial charge in [-0.1, -0.05) is 17.7 Å². The zero-order chi connectivity index (χ0) is 11.7. The molecule has 1 aromatic rings. The van der Waals surface area contributed by atoms with Crippen LogP contribution in [0.2, 0.25) is 5.02 Å². The minimum atomic E-state index is -0.740. The van der Waals surface area contributed by atoms with Gasteiger partial charge < -0.3 is 10.2 Å². The molecule has 1 heterocycles. The Bertz CT molecular complexity index is 378. The summed E-state index contributed by atoms with van der Waals surface area (Å²) >= 11 is 5.65. The molecule has 2 atom stereocenters. The van der Waals surface area contributed by atoms with E-state index in [1.165, 1.54) is 6.07 Å². The van der Waals surface area contributed by atoms with Crippen LogP contribution in [-0.4, -0.2) is 40.4 Å². The average molecular weight is 246 g/mol. The molecule has 3 nitrogen and oxygen atoms in total. The lowest BCUT2D eigenvalue weighted by Gasteiger charge is -2.15. The van der Waals surface area contributed by atoms with Crippen molar-refractivity contribution in [1.82, 2.24) is 4.90 Å². The van der Waals surface area contributed by atoms with Gasteiger partial charge >= 0.3 is 0 Å². The smallest absolute Gasteiger partial charge is 0.129 e. The van der Waals surface area contributed by atoms with Gasteiger partial charge in [0.15, 0.2) is 0 Å². The summed E-state index contributed by atoms with van der Waals surface area (Å²) in [6, 6.07) is 4.51. The van der Waals surface area contributed by atoms with Crippen molar-refractivity contribution in [3.8, 4) is 0 Å². The van der Waals surface area contributed by atoms with E-state index in [4.69, 9.17) is 11.6 Å². The number of halogens is 2. The summed E-state index contributed by atoms with van der Waals surface area (Å²) in [6.45, 7) is 1.10. The molecule has 1 fully saturated rings. The lowest BCUT2D eigenvalue weighted by Crippen LogP contribution is -2.22. The second-order valence-corrected chi connectivity index (χ2v) is 4.50. The third-order valence-electron chi connectivity index (χ3n) is 2.74. The number of aliphatic hydroxyl groups excluding tert-OH is 2. The van der Waals surface area contributed by atoms with Gasteiger partial charge in [0.25, 0.3) is 0 Å². The van der Waals surface area contributed by atoms with E-state index in [9.17, 15) is 14.6 Å². The second kappa shape index (κ2) is 4.67. The minimum Gasteiger partial charge on any atom is -0.389 e. The highest BCUT2D eigenvalue weighted by Gasteiger charge is 2.29. The van der Waals surface area contributed by atoms with E-state index in [2.05, 4.69) is 0 Å². The van der Waals surface area contributed by atoms with Crippen molar-refractivity contribution in [2.45, 2.75) is 18.8 Å². The zero-order valence-corrected chi connectivity index (χ0v) is 9.36. The van der Waals surface area contributed by atoms with Gasteiger partial charge in [0.1, 0.15) is 5.82 Å². The number of hydrogen-bond acceptors (Lipinski definition) is 3. The number of β-amino-alcohol motifs (C(OH)–C–C–N with tert-alkyl or cyclic N) is 2. The fourth-order valence-electron chi connectivity index (χ4n) is 1.87. The number of benzene rings is 1. The Labute approximate surface area is 98.1 Å². The topological polar surface area (TPSA) is 43.7 Å². The van der Waals surface area contributed by atoms with Crippen molar-refractivity contribution in [3.63, 3.8) is 0 Å². The zero-order valence-electron chi connectivity index (χ0n) is 8.61. The number of rotatable bonds is 2. The van der Waals surface area contributed by atoms with Crippen LogP contribution >= 0.6 is 11.6 Å². The van der Waals surface area contributed by atoms with Gasteiger partial charge in [-0.05, 0) is 12.1 Å². The number of nitrogens with zero attached hydrogens (tertiary/aromatic N) is 1. The van der Waals surface area contributed by atoms with Gasteiger partial charge in [-0.15, -0.1) is 0 Å². The van der Waals surface area contributed by atoms with Crippen LogP contribution in [0, 0.1) is 5.82 Å². The Kier molecular flexibility index (Phi) is 3.44. The van der Waals surface area contributed by atoms with Crippen molar-refractivity contribution in [2.24, 2.45) is 0 Å². The van der Waals surface area contributed by atoms with Gasteiger partial charge in [-0.3, -0.25) is 4.90 Å². The first-order chi connectivity index (χ1) is 7.56. The molecular formula is C11H13ClFNO2. The molecule has 0 aromatic heterocycles. The second-order valence-electron chi connectivity index (χ2n) is 4.06. The van der Waals surface area contributed by atoms with Crippen molar-refractivity contribution >= 4 is 11.6 Å². The first-order valence-electron chi connectivity index (χ1n) is 5.08. The normalized spacial score (nSPS) is 26.2. The van der Waals surface area contributed by atoms with Gasteiger partial charge in [0.05, 0.1) is 12.2 Å². The van der Waals surface area contributed by atoms with Crippen LogP contribution in [0.5, 0.6) is 0 Å². The van der Waals surface area contributed by atoms with E-state index < -0.39 is 12.2 Å². The highest BCUT2D eigenvalue weighted by Crippen LogP contribution is 2.19. The molecule has 2 rings (SSSR count). The van der Waals surface area contributed by atoms with Crippen LogP contribution in [0.15, 0.2) is 18.2 Å². The van der Waals surface area contributed by atoms with Crippen LogP contribution in [0.3, 0.4) is 0 Å². The summed E-state index contributed by atoms with van der Waals surface area (Å²) in [5, 5.41) is 19.1. The SMILES string of the molecule is O[C@@H]1CN(Cc2ccc(Cl)cc2F)C[C@@H]1O. The Balaban J connectivity index is 2.05. The molecule has 1 aliphatic heterocycles. The lowest BCUT2D eigenvalue weighted by atomic mass is 10.2. The predicted octanol–water partition coefficient (Wildman–Crippen LogP) is 1.02. The summed E-state index contributed by atoms with van der Waals surface area (Å²) < 4.78 is 13.5. The summed E-state index contributed by atoms with van der Waals surface area (Å²) in [5.74, 6) is -0.358. The highest BCUT2D eigenvalue weighted by atomic mass is 35.5. The van der Waals surface area contributed by atoms with Crippen molar-refractivity contribution in [2.75, 3.05) is 13.1 Å². The fraction of sp³-hybridized carbons (Fsp3) is 0.455. The Morgan fingerprint density at radius 2 is 1.94 bits per heavy atom. The molecule has 5 heteroatoms. The molecule has 1 aromatic carbocycles. The summed E-state index contributed by atoms with van der Waals surface area (Å²) in [6.07, 6.45) is -1.48. The first-order valence-corrected chi connectivity index (χ1v) is 5.46. The molecule has 0 saturated carbocycles. The van der Waals surface area contributed by atoms with E-state index in [0.29, 0.717) is 30.2 Å². The summed E-state index contributed by atoms with van der Waals surface area (Å²) in [5.41, 5.74) is 0.519. The molecule has 0 radical (unpaired) electrons. The van der Waals surface area contributed by atoms with E-state index in [1.807, 2.05) is 4.90 Å². The number of hydrogen-bond donors (Lipinski definition) is 2. The minimum absolute atomic E-state index is 0.358. The van der Waals surface area contributed by atoms with Crippen LogP contribution in [0.4, 0.5) is 4.39 Å². The maximum atomic E-state index is 13.5. The van der Waals surface area contributed by atoms with Gasteiger partial charge in [-0.25, -0.2) is 4.39 Å². The van der Waals surface area contributed by atoms with Gasteiger partial charge in [0, 0.05) is 30.2 Å². The van der Waals surface area contributed by atoms with Crippen LogP contribution in [0.1, 0.15) is 5.56 Å². The van der Waals surface area contributed by atoms with Crippen LogP contribution < -0.4 is 0 Å². The Morgan fingerprint density at radius 3 is 2.50 bits per heavy atom. The third kappa shape index (κ3) is 2.52. The highest BCUT2D eigenvalue weighted by molar-refractivity contribution is 6.30. The lowest BCUT2D eigenvalue weighted by molar-refractivity contribution is 0.0572. The molecule has 16 heavy (non-hydrogen) atoms. The first kappa shape index (κ1) is 11.8. The van der Waals surface area contributed by atoms with Crippen molar-refractivity contribution in [1.29, 1.82) is 0 Å². The Morgan fingerprint density at radius 1 is 1.31 bits per heavy atom. The molecule has 0 unspecified atom stereocenters. The predicted molar refractivity (Wildman–Crippen MR) is 58.7 cm³/mol. The molecule has 1 aliphatic rings. The Hall–Kier alpha value is -0.680. The molecular weight excluding hydrogens is 233 g/mol. The molecule has 0 amide bonds. The molecule has 0 bridgehead atoms. The maximum Gasteiger partial charge on any atom is 0.129 e. The monoisotopic (exact) mass is 245 g/mol. The summed E-state index contributed by atoms with van der Waals surface area (Å²) in [4.78, 5) is 1.81. The fourth-order valence-corrected chi connectivity index (χ4v) is 2.03. The largest absolute Gasteiger partial charge is 0.389 e. The van der Waals surface area contributed by atoms with Gasteiger partial charge in [0.2, 0.25) is 0 Å². The van der Waals surface area contributed by atoms with E-state index in [1.54, 1.807) is 12.1 Å². The van der Waals surface area contributed by atoms with Gasteiger partial charge in [-0.2, -0.15) is 0 Å². The molecule has 0 aliphatic carbocycles. The van der Waals surface area contributed by atoms with E-state index in [0.717, 1.165) is 0 Å². The molecule has 88 valence electrons. The van der Waals surface area contributed by atoms with E-state index in [-0.39, 0.29) is 5.82 Å². The van der Waals surface area contributed by atoms with Crippen LogP contribution in [0.25, 0.3) is 0 Å². The molecule has 1 saturated heterocycles. The number of aliphatic hydroxyl groups is 2. The quantitative estimate of drug-likeness (QED) is 0.818. The molecule has 2 N–H and O–H groups in total. The third-order valence-corrected chi connectivity index (χ3v) is 2.98.